The van der Waals surface area contributed by atoms with Gasteiger partial charge in [0, 0.05) is 12.6 Å². The van der Waals surface area contributed by atoms with Gasteiger partial charge in [0.05, 0.1) is 5.60 Å². The Bertz CT molecular complexity index is 314. The van der Waals surface area contributed by atoms with E-state index in [4.69, 9.17) is 5.73 Å². The molecule has 1 aromatic heterocycles. The third-order valence-electron chi connectivity index (χ3n) is 2.82. The number of nitrogens with two attached hydrogens (primary N) is 1. The van der Waals surface area contributed by atoms with Gasteiger partial charge in [0.1, 0.15) is 5.82 Å². The molecule has 0 amide bonds. The first-order valence-corrected chi connectivity index (χ1v) is 5.53. The maximum atomic E-state index is 10.3. The summed E-state index contributed by atoms with van der Waals surface area (Å²) >= 11 is 0. The Labute approximate surface area is 91.3 Å². The topological polar surface area (TPSA) is 59.1 Å². The van der Waals surface area contributed by atoms with Crippen molar-refractivity contribution in [2.75, 3.05) is 5.73 Å². The Hall–Kier alpha value is -1.09. The molecule has 1 unspecified atom stereocenters. The maximum absolute atomic E-state index is 10.3. The van der Waals surface area contributed by atoms with E-state index in [1.165, 1.54) is 0 Å². The molecule has 0 aromatic carbocycles. The van der Waals surface area contributed by atoms with Crippen molar-refractivity contribution in [1.29, 1.82) is 0 Å². The lowest BCUT2D eigenvalue weighted by Gasteiger charge is -2.26. The number of pyridine rings is 1. The Morgan fingerprint density at radius 2 is 2.20 bits per heavy atom. The Kier molecular flexibility index (Phi) is 4.09. The van der Waals surface area contributed by atoms with E-state index in [0.29, 0.717) is 12.2 Å². The van der Waals surface area contributed by atoms with Crippen molar-refractivity contribution in [3.05, 3.63) is 23.9 Å². The molecule has 0 radical (unpaired) electrons. The molecule has 1 rings (SSSR count). The Morgan fingerprint density at radius 3 is 2.73 bits per heavy atom. The maximum Gasteiger partial charge on any atom is 0.126 e. The van der Waals surface area contributed by atoms with E-state index in [0.717, 1.165) is 24.8 Å². The molecule has 0 aliphatic heterocycles. The van der Waals surface area contributed by atoms with Gasteiger partial charge in [-0.3, -0.25) is 0 Å². The first-order valence-electron chi connectivity index (χ1n) is 5.53. The third kappa shape index (κ3) is 3.20. The molecule has 0 saturated heterocycles. The fraction of sp³-hybridized carbons (Fsp3) is 0.583. The summed E-state index contributed by atoms with van der Waals surface area (Å²) < 4.78 is 0. The Morgan fingerprint density at radius 1 is 1.47 bits per heavy atom. The predicted molar refractivity (Wildman–Crippen MR) is 62.5 cm³/mol. The molecule has 84 valence electrons. The smallest absolute Gasteiger partial charge is 0.126 e. The molecule has 1 aromatic rings. The summed E-state index contributed by atoms with van der Waals surface area (Å²) in [6.45, 7) is 4.08. The highest BCUT2D eigenvalue weighted by Gasteiger charge is 2.24. The molecule has 1 atom stereocenters. The molecule has 0 aliphatic rings. The lowest BCUT2D eigenvalue weighted by Crippen LogP contribution is -2.30. The molecule has 3 nitrogen and oxygen atoms in total. The highest BCUT2D eigenvalue weighted by molar-refractivity contribution is 5.39. The van der Waals surface area contributed by atoms with E-state index in [-0.39, 0.29) is 0 Å². The van der Waals surface area contributed by atoms with Crippen LogP contribution in [0.4, 0.5) is 5.82 Å². The van der Waals surface area contributed by atoms with Crippen molar-refractivity contribution >= 4 is 5.82 Å². The molecule has 0 saturated carbocycles. The van der Waals surface area contributed by atoms with Crippen molar-refractivity contribution in [3.63, 3.8) is 0 Å². The number of hydrogen-bond acceptors (Lipinski definition) is 3. The first kappa shape index (κ1) is 12.0. The second kappa shape index (κ2) is 5.12. The summed E-state index contributed by atoms with van der Waals surface area (Å²) in [4.78, 5) is 4.02. The summed E-state index contributed by atoms with van der Waals surface area (Å²) in [6.07, 6.45) is 4.79. The van der Waals surface area contributed by atoms with Crippen LogP contribution in [-0.4, -0.2) is 15.7 Å². The molecule has 1 heterocycles. The minimum absolute atomic E-state index is 0.528. The summed E-state index contributed by atoms with van der Waals surface area (Å²) in [5.74, 6) is 0.528. The molecular weight excluding hydrogens is 188 g/mol. The normalized spacial score (nSPS) is 14.9. The van der Waals surface area contributed by atoms with E-state index in [2.05, 4.69) is 11.9 Å². The van der Waals surface area contributed by atoms with Crippen LogP contribution in [0.1, 0.15) is 38.7 Å². The van der Waals surface area contributed by atoms with E-state index in [1.54, 1.807) is 6.20 Å². The molecule has 0 aliphatic carbocycles. The van der Waals surface area contributed by atoms with Crippen molar-refractivity contribution in [2.24, 2.45) is 0 Å². The summed E-state index contributed by atoms with van der Waals surface area (Å²) in [5, 5.41) is 10.3. The van der Waals surface area contributed by atoms with Gasteiger partial charge in [-0.1, -0.05) is 26.3 Å². The number of anilines is 1. The minimum atomic E-state index is -0.633. The van der Waals surface area contributed by atoms with Crippen LogP contribution in [0, 0.1) is 0 Å². The van der Waals surface area contributed by atoms with Gasteiger partial charge in [-0.15, -0.1) is 0 Å². The van der Waals surface area contributed by atoms with Crippen LogP contribution in [0.3, 0.4) is 0 Å². The lowest BCUT2D eigenvalue weighted by molar-refractivity contribution is 0.0272. The van der Waals surface area contributed by atoms with Gasteiger partial charge in [-0.05, 0) is 24.5 Å². The van der Waals surface area contributed by atoms with E-state index in [1.807, 2.05) is 19.1 Å². The summed E-state index contributed by atoms with van der Waals surface area (Å²) in [6, 6.07) is 3.78. The van der Waals surface area contributed by atoms with Crippen LogP contribution in [0.15, 0.2) is 18.3 Å². The lowest BCUT2D eigenvalue weighted by atomic mass is 9.88. The van der Waals surface area contributed by atoms with Crippen molar-refractivity contribution in [2.45, 2.75) is 45.1 Å². The van der Waals surface area contributed by atoms with Gasteiger partial charge in [0.2, 0.25) is 0 Å². The zero-order chi connectivity index (χ0) is 11.3. The molecule has 0 spiro atoms. The average Bonchev–Trinajstić information content (AvgIpc) is 2.22. The van der Waals surface area contributed by atoms with Crippen LogP contribution in [0.5, 0.6) is 0 Å². The number of rotatable bonds is 5. The van der Waals surface area contributed by atoms with Crippen LogP contribution < -0.4 is 5.73 Å². The molecule has 0 fully saturated rings. The SMILES string of the molecule is CCCC(O)(CC)Cc1cccnc1N. The first-order chi connectivity index (χ1) is 7.11. The number of aromatic nitrogens is 1. The van der Waals surface area contributed by atoms with Crippen molar-refractivity contribution in [3.8, 4) is 0 Å². The monoisotopic (exact) mass is 208 g/mol. The van der Waals surface area contributed by atoms with Gasteiger partial charge in [-0.2, -0.15) is 0 Å². The number of hydrogen-bond donors (Lipinski definition) is 2. The number of aliphatic hydroxyl groups is 1. The van der Waals surface area contributed by atoms with Gasteiger partial charge in [-0.25, -0.2) is 4.98 Å². The Balaban J connectivity index is 2.79. The molecular formula is C12H20N2O. The van der Waals surface area contributed by atoms with Crippen LogP contribution >= 0.6 is 0 Å². The molecule has 0 bridgehead atoms. The summed E-state index contributed by atoms with van der Waals surface area (Å²) in [5.41, 5.74) is 6.06. The van der Waals surface area contributed by atoms with E-state index >= 15 is 0 Å². The third-order valence-corrected chi connectivity index (χ3v) is 2.82. The van der Waals surface area contributed by atoms with Gasteiger partial charge < -0.3 is 10.8 Å². The number of nitrogens with zero attached hydrogens (tertiary/aromatic N) is 1. The van der Waals surface area contributed by atoms with Crippen LogP contribution in [-0.2, 0) is 6.42 Å². The van der Waals surface area contributed by atoms with Crippen molar-refractivity contribution < 1.29 is 5.11 Å². The standard InChI is InChI=1S/C12H20N2O/c1-3-7-12(15,4-2)9-10-6-5-8-14-11(10)13/h5-6,8,15H,3-4,7,9H2,1-2H3,(H2,13,14). The average molecular weight is 208 g/mol. The van der Waals surface area contributed by atoms with E-state index < -0.39 is 5.60 Å². The van der Waals surface area contributed by atoms with Crippen LogP contribution in [0.2, 0.25) is 0 Å². The highest BCUT2D eigenvalue weighted by atomic mass is 16.3. The quantitative estimate of drug-likeness (QED) is 0.779. The second-order valence-corrected chi connectivity index (χ2v) is 4.05. The van der Waals surface area contributed by atoms with Crippen LogP contribution in [0.25, 0.3) is 0 Å². The molecule has 3 N–H and O–H groups in total. The fourth-order valence-corrected chi connectivity index (χ4v) is 1.81. The van der Waals surface area contributed by atoms with Gasteiger partial charge >= 0.3 is 0 Å². The largest absolute Gasteiger partial charge is 0.390 e. The number of nitrogen functional groups attached to an aromatic ring is 1. The van der Waals surface area contributed by atoms with Gasteiger partial charge in [0.25, 0.3) is 0 Å². The van der Waals surface area contributed by atoms with Gasteiger partial charge in [0.15, 0.2) is 0 Å². The highest BCUT2D eigenvalue weighted by Crippen LogP contribution is 2.24. The molecule has 3 heteroatoms. The van der Waals surface area contributed by atoms with E-state index in [9.17, 15) is 5.11 Å². The minimum Gasteiger partial charge on any atom is -0.390 e. The molecule has 15 heavy (non-hydrogen) atoms. The fourth-order valence-electron chi connectivity index (χ4n) is 1.81. The zero-order valence-corrected chi connectivity index (χ0v) is 9.53. The second-order valence-electron chi connectivity index (χ2n) is 4.05. The summed E-state index contributed by atoms with van der Waals surface area (Å²) in [7, 11) is 0. The predicted octanol–water partition coefficient (Wildman–Crippen LogP) is 2.15. The zero-order valence-electron chi connectivity index (χ0n) is 9.53. The van der Waals surface area contributed by atoms with Crippen molar-refractivity contribution in [1.82, 2.24) is 4.98 Å².